The number of hydrogen-bond donors (Lipinski definition) is 1. The second-order valence-corrected chi connectivity index (χ2v) is 5.16. The van der Waals surface area contributed by atoms with Crippen molar-refractivity contribution in [2.75, 3.05) is 21.3 Å². The quantitative estimate of drug-likeness (QED) is 0.920. The van der Waals surface area contributed by atoms with Gasteiger partial charge in [0.25, 0.3) is 0 Å². The maximum Gasteiger partial charge on any atom is 0.179 e. The van der Waals surface area contributed by atoms with Crippen LogP contribution in [0.5, 0.6) is 11.5 Å². The minimum atomic E-state index is -0.0188. The first-order valence-electron chi connectivity index (χ1n) is 6.61. The number of aromatic nitrogens is 1. The molecule has 0 bridgehead atoms. The Morgan fingerprint density at radius 3 is 2.43 bits per heavy atom. The average Bonchev–Trinajstić information content (AvgIpc) is 2.47. The van der Waals surface area contributed by atoms with E-state index in [-0.39, 0.29) is 6.04 Å². The lowest BCUT2D eigenvalue weighted by atomic mass is 9.99. The van der Waals surface area contributed by atoms with Crippen LogP contribution in [0.4, 0.5) is 0 Å². The smallest absolute Gasteiger partial charge is 0.179 e. The summed E-state index contributed by atoms with van der Waals surface area (Å²) in [4.78, 5) is 4.25. The number of ether oxygens (including phenoxy) is 2. The Balaban J connectivity index is 2.50. The molecule has 1 aromatic carbocycles. The number of methoxy groups -OCH3 is 2. The molecule has 1 atom stereocenters. The van der Waals surface area contributed by atoms with Crippen molar-refractivity contribution in [3.05, 3.63) is 52.3 Å². The van der Waals surface area contributed by atoms with E-state index >= 15 is 0 Å². The summed E-state index contributed by atoms with van der Waals surface area (Å²) in [5.41, 5.74) is 3.17. The van der Waals surface area contributed by atoms with E-state index in [0.29, 0.717) is 16.5 Å². The van der Waals surface area contributed by atoms with Crippen molar-refractivity contribution >= 4 is 11.6 Å². The van der Waals surface area contributed by atoms with Crippen LogP contribution < -0.4 is 14.8 Å². The number of pyridine rings is 1. The minimum absolute atomic E-state index is 0.0188. The van der Waals surface area contributed by atoms with Gasteiger partial charge < -0.3 is 14.8 Å². The van der Waals surface area contributed by atoms with Gasteiger partial charge in [-0.15, -0.1) is 0 Å². The third-order valence-corrected chi connectivity index (χ3v) is 3.59. The monoisotopic (exact) mass is 306 g/mol. The van der Waals surface area contributed by atoms with Crippen molar-refractivity contribution < 1.29 is 9.47 Å². The highest BCUT2D eigenvalue weighted by atomic mass is 35.5. The topological polar surface area (TPSA) is 43.4 Å². The van der Waals surface area contributed by atoms with E-state index in [2.05, 4.69) is 16.4 Å². The summed E-state index contributed by atoms with van der Waals surface area (Å²) in [7, 11) is 5.07. The second kappa shape index (κ2) is 6.78. The van der Waals surface area contributed by atoms with Crippen molar-refractivity contribution in [1.29, 1.82) is 0 Å². The van der Waals surface area contributed by atoms with Crippen LogP contribution in [0.2, 0.25) is 5.02 Å². The number of hydrogen-bond acceptors (Lipinski definition) is 4. The van der Waals surface area contributed by atoms with Gasteiger partial charge in [0.15, 0.2) is 11.5 Å². The standard InChI is InChI=1S/C16H19ClN2O2/c1-10-5-12(9-19-8-10)15(18-2)11-6-13(17)16(21-4)14(7-11)20-3/h5-9,15,18H,1-4H3. The van der Waals surface area contributed by atoms with Crippen LogP contribution in [-0.4, -0.2) is 26.3 Å². The van der Waals surface area contributed by atoms with Gasteiger partial charge in [0.1, 0.15) is 0 Å². The molecule has 0 amide bonds. The lowest BCUT2D eigenvalue weighted by molar-refractivity contribution is 0.354. The van der Waals surface area contributed by atoms with Gasteiger partial charge in [0.05, 0.1) is 25.3 Å². The summed E-state index contributed by atoms with van der Waals surface area (Å²) in [5.74, 6) is 1.15. The maximum absolute atomic E-state index is 6.28. The lowest BCUT2D eigenvalue weighted by Gasteiger charge is -2.20. The molecule has 0 saturated carbocycles. The third-order valence-electron chi connectivity index (χ3n) is 3.31. The van der Waals surface area contributed by atoms with E-state index in [9.17, 15) is 0 Å². The van der Waals surface area contributed by atoms with Crippen LogP contribution in [0.15, 0.2) is 30.6 Å². The summed E-state index contributed by atoms with van der Waals surface area (Å²) in [5, 5.41) is 3.80. The molecule has 5 heteroatoms. The third kappa shape index (κ3) is 3.28. The van der Waals surface area contributed by atoms with E-state index in [4.69, 9.17) is 21.1 Å². The number of halogens is 1. The Bertz CT molecular complexity index is 632. The van der Waals surface area contributed by atoms with Crippen molar-refractivity contribution in [3.63, 3.8) is 0 Å². The molecule has 1 N–H and O–H groups in total. The second-order valence-electron chi connectivity index (χ2n) is 4.76. The SMILES string of the molecule is CNC(c1cncc(C)c1)c1cc(Cl)c(OC)c(OC)c1. The van der Waals surface area contributed by atoms with Gasteiger partial charge in [-0.25, -0.2) is 0 Å². The molecular formula is C16H19ClN2O2. The van der Waals surface area contributed by atoms with Gasteiger partial charge in [-0.05, 0) is 42.8 Å². The molecule has 1 unspecified atom stereocenters. The molecule has 0 fully saturated rings. The Kier molecular flexibility index (Phi) is 5.04. The Labute approximate surface area is 130 Å². The van der Waals surface area contributed by atoms with Crippen LogP contribution >= 0.6 is 11.6 Å². The van der Waals surface area contributed by atoms with Crippen molar-refractivity contribution in [1.82, 2.24) is 10.3 Å². The van der Waals surface area contributed by atoms with Gasteiger partial charge in [0, 0.05) is 12.4 Å². The van der Waals surface area contributed by atoms with E-state index in [1.807, 2.05) is 38.5 Å². The molecule has 0 aliphatic rings. The van der Waals surface area contributed by atoms with Crippen LogP contribution in [-0.2, 0) is 0 Å². The molecule has 1 aromatic heterocycles. The van der Waals surface area contributed by atoms with Gasteiger partial charge in [-0.1, -0.05) is 17.7 Å². The fourth-order valence-corrected chi connectivity index (χ4v) is 2.66. The van der Waals surface area contributed by atoms with E-state index in [1.54, 1.807) is 14.2 Å². The van der Waals surface area contributed by atoms with Gasteiger partial charge >= 0.3 is 0 Å². The average molecular weight is 307 g/mol. The number of benzene rings is 1. The summed E-state index contributed by atoms with van der Waals surface area (Å²) >= 11 is 6.28. The molecule has 0 saturated heterocycles. The van der Waals surface area contributed by atoms with E-state index < -0.39 is 0 Å². The number of nitrogens with zero attached hydrogens (tertiary/aromatic N) is 1. The number of nitrogens with one attached hydrogen (secondary N) is 1. The zero-order chi connectivity index (χ0) is 15.4. The van der Waals surface area contributed by atoms with Crippen molar-refractivity contribution in [2.24, 2.45) is 0 Å². The van der Waals surface area contributed by atoms with Gasteiger partial charge in [0.2, 0.25) is 0 Å². The first-order chi connectivity index (χ1) is 10.1. The molecule has 2 aromatic rings. The molecule has 21 heavy (non-hydrogen) atoms. The zero-order valence-corrected chi connectivity index (χ0v) is 13.4. The predicted molar refractivity (Wildman–Crippen MR) is 84.4 cm³/mol. The van der Waals surface area contributed by atoms with Crippen LogP contribution in [0.1, 0.15) is 22.7 Å². The largest absolute Gasteiger partial charge is 0.493 e. The van der Waals surface area contributed by atoms with Gasteiger partial charge in [-0.3, -0.25) is 4.98 Å². The molecule has 0 aliphatic carbocycles. The highest BCUT2D eigenvalue weighted by Gasteiger charge is 2.18. The Hall–Kier alpha value is -1.78. The van der Waals surface area contributed by atoms with E-state index in [0.717, 1.165) is 16.7 Å². The maximum atomic E-state index is 6.28. The van der Waals surface area contributed by atoms with E-state index in [1.165, 1.54) is 0 Å². The lowest BCUT2D eigenvalue weighted by Crippen LogP contribution is -2.18. The summed E-state index contributed by atoms with van der Waals surface area (Å²) in [6.45, 7) is 2.02. The molecule has 0 radical (unpaired) electrons. The first-order valence-corrected chi connectivity index (χ1v) is 6.98. The van der Waals surface area contributed by atoms with Gasteiger partial charge in [-0.2, -0.15) is 0 Å². The highest BCUT2D eigenvalue weighted by Crippen LogP contribution is 2.38. The summed E-state index contributed by atoms with van der Waals surface area (Å²) in [6.07, 6.45) is 3.68. The highest BCUT2D eigenvalue weighted by molar-refractivity contribution is 6.32. The van der Waals surface area contributed by atoms with Crippen LogP contribution in [0.25, 0.3) is 0 Å². The predicted octanol–water partition coefficient (Wildman–Crippen LogP) is 3.37. The Morgan fingerprint density at radius 1 is 1.10 bits per heavy atom. The molecule has 1 heterocycles. The molecule has 2 rings (SSSR count). The molecular weight excluding hydrogens is 288 g/mol. The van der Waals surface area contributed by atoms with Crippen LogP contribution in [0, 0.1) is 6.92 Å². The number of aryl methyl sites for hydroxylation is 1. The number of rotatable bonds is 5. The summed E-state index contributed by atoms with van der Waals surface area (Å²) in [6, 6.07) is 5.88. The Morgan fingerprint density at radius 2 is 1.86 bits per heavy atom. The fraction of sp³-hybridized carbons (Fsp3) is 0.312. The van der Waals surface area contributed by atoms with Crippen LogP contribution in [0.3, 0.4) is 0 Å². The normalized spacial score (nSPS) is 12.0. The molecule has 4 nitrogen and oxygen atoms in total. The summed E-state index contributed by atoms with van der Waals surface area (Å²) < 4.78 is 10.6. The first kappa shape index (κ1) is 15.6. The molecule has 0 aliphatic heterocycles. The fourth-order valence-electron chi connectivity index (χ4n) is 2.37. The zero-order valence-electron chi connectivity index (χ0n) is 12.6. The molecule has 112 valence electrons. The van der Waals surface area contributed by atoms with Crippen molar-refractivity contribution in [3.8, 4) is 11.5 Å². The molecule has 0 spiro atoms. The van der Waals surface area contributed by atoms with Crippen molar-refractivity contribution in [2.45, 2.75) is 13.0 Å². The minimum Gasteiger partial charge on any atom is -0.493 e.